The van der Waals surface area contributed by atoms with Gasteiger partial charge in [0.2, 0.25) is 0 Å². The molecular formula is C16H14Br2N2O. The SMILES string of the molecule is Cc1cc(NC(=O)N/C=C/c2cccc(Br)c2)ccc1Br. The predicted molar refractivity (Wildman–Crippen MR) is 94.2 cm³/mol. The smallest absolute Gasteiger partial charge is 0.314 e. The Kier molecular flexibility index (Phi) is 5.59. The van der Waals surface area contributed by atoms with Gasteiger partial charge < -0.3 is 10.6 Å². The van der Waals surface area contributed by atoms with E-state index in [1.165, 1.54) is 0 Å². The number of hydrogen-bond acceptors (Lipinski definition) is 1. The fourth-order valence-electron chi connectivity index (χ4n) is 1.71. The molecule has 0 atom stereocenters. The molecule has 0 aliphatic carbocycles. The first-order valence-electron chi connectivity index (χ1n) is 6.30. The minimum Gasteiger partial charge on any atom is -0.314 e. The van der Waals surface area contributed by atoms with E-state index in [0.29, 0.717) is 0 Å². The second-order valence-corrected chi connectivity index (χ2v) is 6.22. The van der Waals surface area contributed by atoms with Gasteiger partial charge in [0.15, 0.2) is 0 Å². The van der Waals surface area contributed by atoms with Gasteiger partial charge in [0.25, 0.3) is 0 Å². The van der Waals surface area contributed by atoms with Crippen molar-refractivity contribution >= 4 is 49.7 Å². The molecule has 21 heavy (non-hydrogen) atoms. The van der Waals surface area contributed by atoms with Crippen molar-refractivity contribution in [3.05, 3.63) is 68.7 Å². The van der Waals surface area contributed by atoms with Crippen molar-refractivity contribution in [2.45, 2.75) is 6.92 Å². The van der Waals surface area contributed by atoms with E-state index in [9.17, 15) is 4.79 Å². The molecule has 0 aromatic heterocycles. The zero-order valence-electron chi connectivity index (χ0n) is 11.4. The van der Waals surface area contributed by atoms with Crippen molar-refractivity contribution in [3.63, 3.8) is 0 Å². The fraction of sp³-hybridized carbons (Fsp3) is 0.0625. The van der Waals surface area contributed by atoms with Gasteiger partial charge in [-0.1, -0.05) is 44.0 Å². The number of anilines is 1. The van der Waals surface area contributed by atoms with E-state index in [-0.39, 0.29) is 6.03 Å². The first-order valence-corrected chi connectivity index (χ1v) is 7.89. The standard InChI is InChI=1S/C16H14Br2N2O/c1-11-9-14(5-6-15(11)18)20-16(21)19-8-7-12-3-2-4-13(17)10-12/h2-10H,1H3,(H2,19,20,21)/b8-7+. The highest BCUT2D eigenvalue weighted by Crippen LogP contribution is 2.19. The largest absolute Gasteiger partial charge is 0.323 e. The molecule has 0 heterocycles. The zero-order valence-corrected chi connectivity index (χ0v) is 14.5. The molecule has 108 valence electrons. The molecule has 2 rings (SSSR count). The first kappa shape index (κ1) is 15.8. The van der Waals surface area contributed by atoms with Gasteiger partial charge in [-0.15, -0.1) is 0 Å². The summed E-state index contributed by atoms with van der Waals surface area (Å²) in [6.45, 7) is 1.97. The molecule has 0 saturated carbocycles. The lowest BCUT2D eigenvalue weighted by atomic mass is 10.2. The predicted octanol–water partition coefficient (Wildman–Crippen LogP) is 5.31. The fourth-order valence-corrected chi connectivity index (χ4v) is 2.38. The topological polar surface area (TPSA) is 41.1 Å². The van der Waals surface area contributed by atoms with Crippen LogP contribution in [0.25, 0.3) is 6.08 Å². The molecule has 2 N–H and O–H groups in total. The van der Waals surface area contributed by atoms with Gasteiger partial charge in [-0.3, -0.25) is 0 Å². The maximum absolute atomic E-state index is 11.8. The summed E-state index contributed by atoms with van der Waals surface area (Å²) in [6, 6.07) is 13.2. The number of urea groups is 1. The number of carbonyl (C=O) groups excluding carboxylic acids is 1. The number of aryl methyl sites for hydroxylation is 1. The average molecular weight is 410 g/mol. The van der Waals surface area contributed by atoms with Gasteiger partial charge in [-0.25, -0.2) is 4.79 Å². The number of amides is 2. The van der Waals surface area contributed by atoms with Crippen LogP contribution in [0, 0.1) is 6.92 Å². The van der Waals surface area contributed by atoms with E-state index < -0.39 is 0 Å². The summed E-state index contributed by atoms with van der Waals surface area (Å²) in [7, 11) is 0. The average Bonchev–Trinajstić information content (AvgIpc) is 2.43. The summed E-state index contributed by atoms with van der Waals surface area (Å²) in [5.41, 5.74) is 2.82. The number of benzene rings is 2. The van der Waals surface area contributed by atoms with Crippen molar-refractivity contribution in [3.8, 4) is 0 Å². The monoisotopic (exact) mass is 408 g/mol. The maximum atomic E-state index is 11.8. The Bertz CT molecular complexity index is 684. The van der Waals surface area contributed by atoms with Crippen LogP contribution < -0.4 is 10.6 Å². The van der Waals surface area contributed by atoms with Crippen molar-refractivity contribution < 1.29 is 4.79 Å². The third kappa shape index (κ3) is 5.02. The molecule has 2 aromatic carbocycles. The molecule has 0 aliphatic heterocycles. The molecule has 3 nitrogen and oxygen atoms in total. The molecule has 0 radical (unpaired) electrons. The molecule has 2 amide bonds. The van der Waals surface area contributed by atoms with Crippen molar-refractivity contribution in [2.24, 2.45) is 0 Å². The minimum atomic E-state index is -0.275. The van der Waals surface area contributed by atoms with E-state index in [4.69, 9.17) is 0 Å². The Labute approximate surface area is 140 Å². The molecule has 0 unspecified atom stereocenters. The van der Waals surface area contributed by atoms with E-state index in [2.05, 4.69) is 42.5 Å². The van der Waals surface area contributed by atoms with Crippen molar-refractivity contribution in [1.29, 1.82) is 0 Å². The van der Waals surface area contributed by atoms with Gasteiger partial charge in [0, 0.05) is 20.8 Å². The summed E-state index contributed by atoms with van der Waals surface area (Å²) in [4.78, 5) is 11.8. The second kappa shape index (κ2) is 7.43. The van der Waals surface area contributed by atoms with Crippen LogP contribution in [-0.2, 0) is 0 Å². The molecule has 2 aromatic rings. The van der Waals surface area contributed by atoms with Gasteiger partial charge in [-0.05, 0) is 54.5 Å². The van der Waals surface area contributed by atoms with Crippen LogP contribution in [-0.4, -0.2) is 6.03 Å². The molecule has 0 aliphatic rings. The number of nitrogens with one attached hydrogen (secondary N) is 2. The zero-order chi connectivity index (χ0) is 15.2. The Morgan fingerprint density at radius 2 is 1.95 bits per heavy atom. The first-order chi connectivity index (χ1) is 10.0. The Balaban J connectivity index is 1.91. The highest BCUT2D eigenvalue weighted by molar-refractivity contribution is 9.10. The highest BCUT2D eigenvalue weighted by atomic mass is 79.9. The van der Waals surface area contributed by atoms with Crippen LogP contribution in [0.1, 0.15) is 11.1 Å². The lowest BCUT2D eigenvalue weighted by Gasteiger charge is -2.06. The van der Waals surface area contributed by atoms with Crippen LogP contribution in [0.5, 0.6) is 0 Å². The summed E-state index contributed by atoms with van der Waals surface area (Å²) in [6.07, 6.45) is 3.44. The number of hydrogen-bond donors (Lipinski definition) is 2. The molecule has 0 spiro atoms. The van der Waals surface area contributed by atoms with Crippen LogP contribution in [0.3, 0.4) is 0 Å². The Hall–Kier alpha value is -1.59. The van der Waals surface area contributed by atoms with Crippen LogP contribution >= 0.6 is 31.9 Å². The lowest BCUT2D eigenvalue weighted by Crippen LogP contribution is -2.23. The van der Waals surface area contributed by atoms with Gasteiger partial charge >= 0.3 is 6.03 Å². The van der Waals surface area contributed by atoms with Crippen molar-refractivity contribution in [2.75, 3.05) is 5.32 Å². The summed E-state index contributed by atoms with van der Waals surface area (Å²) >= 11 is 6.83. The number of rotatable bonds is 3. The van der Waals surface area contributed by atoms with Gasteiger partial charge in [-0.2, -0.15) is 0 Å². The van der Waals surface area contributed by atoms with Gasteiger partial charge in [0.05, 0.1) is 0 Å². The molecule has 0 bridgehead atoms. The van der Waals surface area contributed by atoms with E-state index in [0.717, 1.165) is 25.8 Å². The van der Waals surface area contributed by atoms with Crippen molar-refractivity contribution in [1.82, 2.24) is 5.32 Å². The maximum Gasteiger partial charge on any atom is 0.323 e. The summed E-state index contributed by atoms with van der Waals surface area (Å²) in [5.74, 6) is 0. The minimum absolute atomic E-state index is 0.275. The number of carbonyl (C=O) groups is 1. The highest BCUT2D eigenvalue weighted by Gasteiger charge is 2.01. The molecule has 0 saturated heterocycles. The van der Waals surface area contributed by atoms with E-state index >= 15 is 0 Å². The summed E-state index contributed by atoms with van der Waals surface area (Å²) in [5, 5.41) is 5.45. The normalized spacial score (nSPS) is 10.6. The summed E-state index contributed by atoms with van der Waals surface area (Å²) < 4.78 is 2.02. The Morgan fingerprint density at radius 1 is 1.14 bits per heavy atom. The number of halogens is 2. The third-order valence-electron chi connectivity index (χ3n) is 2.75. The van der Waals surface area contributed by atoms with E-state index in [1.807, 2.05) is 55.5 Å². The van der Waals surface area contributed by atoms with Crippen LogP contribution in [0.4, 0.5) is 10.5 Å². The second-order valence-electron chi connectivity index (χ2n) is 4.45. The molecule has 5 heteroatoms. The quantitative estimate of drug-likeness (QED) is 0.708. The van der Waals surface area contributed by atoms with E-state index in [1.54, 1.807) is 6.20 Å². The molecular weight excluding hydrogens is 396 g/mol. The third-order valence-corrected chi connectivity index (χ3v) is 4.14. The van der Waals surface area contributed by atoms with Crippen LogP contribution in [0.15, 0.2) is 57.6 Å². The lowest BCUT2D eigenvalue weighted by molar-refractivity contribution is 0.255. The Morgan fingerprint density at radius 3 is 2.67 bits per heavy atom. The van der Waals surface area contributed by atoms with Gasteiger partial charge in [0.1, 0.15) is 0 Å². The molecule has 0 fully saturated rings. The van der Waals surface area contributed by atoms with Crippen LogP contribution in [0.2, 0.25) is 0 Å².